The number of aromatic nitrogens is 1. The van der Waals surface area contributed by atoms with E-state index < -0.39 is 0 Å². The summed E-state index contributed by atoms with van der Waals surface area (Å²) in [4.78, 5) is 19.3. The van der Waals surface area contributed by atoms with E-state index in [2.05, 4.69) is 27.3 Å². The first-order valence-corrected chi connectivity index (χ1v) is 11.4. The number of methoxy groups -OCH3 is 1. The Bertz CT molecular complexity index is 1090. The smallest absolute Gasteiger partial charge is 0.250 e. The highest BCUT2D eigenvalue weighted by atomic mass is 32.1. The number of carbonyl (C=O) groups excluding carboxylic acids is 1. The van der Waals surface area contributed by atoms with E-state index in [1.807, 2.05) is 49.6 Å². The number of hydrogen-bond acceptors (Lipinski definition) is 6. The minimum atomic E-state index is -0.202. The number of thiazole rings is 1. The molecule has 4 rings (SSSR count). The zero-order valence-electron chi connectivity index (χ0n) is 18.6. The van der Waals surface area contributed by atoms with Gasteiger partial charge in [0, 0.05) is 35.8 Å². The Morgan fingerprint density at radius 2 is 1.84 bits per heavy atom. The fourth-order valence-corrected chi connectivity index (χ4v) is 4.53. The van der Waals surface area contributed by atoms with Gasteiger partial charge in [-0.3, -0.25) is 10.1 Å². The SMILES string of the molecule is COc1cc(C)c(-c2csc(NC(=O)/C=C/c3ccc(N4CCOCC4)cc3)n2)c(C)c1. The minimum absolute atomic E-state index is 0.202. The van der Waals surface area contributed by atoms with Crippen molar-refractivity contribution in [2.75, 3.05) is 43.6 Å². The second kappa shape index (κ2) is 9.97. The molecule has 0 bridgehead atoms. The summed E-state index contributed by atoms with van der Waals surface area (Å²) in [6.45, 7) is 7.41. The molecule has 32 heavy (non-hydrogen) atoms. The van der Waals surface area contributed by atoms with E-state index in [9.17, 15) is 4.79 Å². The van der Waals surface area contributed by atoms with Gasteiger partial charge in [-0.05, 0) is 60.9 Å². The van der Waals surface area contributed by atoms with Crippen molar-refractivity contribution in [3.63, 3.8) is 0 Å². The molecule has 2 heterocycles. The van der Waals surface area contributed by atoms with Crippen LogP contribution < -0.4 is 15.0 Å². The third-order valence-electron chi connectivity index (χ3n) is 5.43. The van der Waals surface area contributed by atoms with E-state index in [1.165, 1.54) is 23.1 Å². The number of carbonyl (C=O) groups is 1. The zero-order chi connectivity index (χ0) is 22.5. The van der Waals surface area contributed by atoms with Crippen molar-refractivity contribution in [2.24, 2.45) is 0 Å². The summed E-state index contributed by atoms with van der Waals surface area (Å²) in [5, 5.41) is 5.40. The molecule has 0 radical (unpaired) electrons. The van der Waals surface area contributed by atoms with E-state index in [-0.39, 0.29) is 5.91 Å². The Morgan fingerprint density at radius 3 is 2.50 bits per heavy atom. The van der Waals surface area contributed by atoms with Crippen molar-refractivity contribution < 1.29 is 14.3 Å². The van der Waals surface area contributed by atoms with Crippen LogP contribution >= 0.6 is 11.3 Å². The van der Waals surface area contributed by atoms with Crippen LogP contribution in [0.25, 0.3) is 17.3 Å². The molecule has 1 aliphatic heterocycles. The third kappa shape index (κ3) is 5.18. The van der Waals surface area contributed by atoms with Crippen molar-refractivity contribution >= 4 is 34.1 Å². The fraction of sp³-hybridized carbons (Fsp3) is 0.280. The molecule has 0 saturated carbocycles. The molecule has 0 atom stereocenters. The summed E-state index contributed by atoms with van der Waals surface area (Å²) in [6, 6.07) is 12.2. The van der Waals surface area contributed by atoms with Crippen LogP contribution in [0, 0.1) is 13.8 Å². The molecule has 1 aliphatic rings. The van der Waals surface area contributed by atoms with Gasteiger partial charge in [0.15, 0.2) is 5.13 Å². The van der Waals surface area contributed by atoms with Gasteiger partial charge in [-0.15, -0.1) is 11.3 Å². The average molecular weight is 450 g/mol. The number of nitrogens with zero attached hydrogens (tertiary/aromatic N) is 2. The Balaban J connectivity index is 1.39. The number of aryl methyl sites for hydroxylation is 2. The first-order valence-electron chi connectivity index (χ1n) is 10.6. The zero-order valence-corrected chi connectivity index (χ0v) is 19.4. The predicted octanol–water partition coefficient (Wildman–Crippen LogP) is 4.92. The molecule has 0 aliphatic carbocycles. The largest absolute Gasteiger partial charge is 0.497 e. The van der Waals surface area contributed by atoms with Gasteiger partial charge < -0.3 is 14.4 Å². The summed E-state index contributed by atoms with van der Waals surface area (Å²) in [5.41, 5.74) is 6.25. The number of nitrogens with one attached hydrogen (secondary N) is 1. The number of anilines is 2. The van der Waals surface area contributed by atoms with Crippen molar-refractivity contribution in [3.05, 3.63) is 64.5 Å². The lowest BCUT2D eigenvalue weighted by Gasteiger charge is -2.28. The van der Waals surface area contributed by atoms with Gasteiger partial charge in [0.1, 0.15) is 5.75 Å². The van der Waals surface area contributed by atoms with E-state index in [1.54, 1.807) is 7.11 Å². The average Bonchev–Trinajstić information content (AvgIpc) is 3.25. The van der Waals surface area contributed by atoms with Gasteiger partial charge in [0.25, 0.3) is 0 Å². The lowest BCUT2D eigenvalue weighted by molar-refractivity contribution is -0.111. The highest BCUT2D eigenvalue weighted by Gasteiger charge is 2.13. The molecule has 166 valence electrons. The molecule has 6 nitrogen and oxygen atoms in total. The summed E-state index contributed by atoms with van der Waals surface area (Å²) < 4.78 is 10.7. The maximum atomic E-state index is 12.4. The van der Waals surface area contributed by atoms with Gasteiger partial charge >= 0.3 is 0 Å². The first kappa shape index (κ1) is 22.0. The van der Waals surface area contributed by atoms with Crippen LogP contribution in [0.5, 0.6) is 5.75 Å². The Morgan fingerprint density at radius 1 is 1.16 bits per heavy atom. The van der Waals surface area contributed by atoms with E-state index in [4.69, 9.17) is 9.47 Å². The van der Waals surface area contributed by atoms with Crippen LogP contribution in [-0.4, -0.2) is 44.3 Å². The fourth-order valence-electron chi connectivity index (χ4n) is 3.83. The summed E-state index contributed by atoms with van der Waals surface area (Å²) in [6.07, 6.45) is 3.35. The lowest BCUT2D eigenvalue weighted by Crippen LogP contribution is -2.36. The van der Waals surface area contributed by atoms with Crippen LogP contribution in [0.4, 0.5) is 10.8 Å². The van der Waals surface area contributed by atoms with Crippen molar-refractivity contribution in [1.82, 2.24) is 4.98 Å². The molecular weight excluding hydrogens is 422 g/mol. The van der Waals surface area contributed by atoms with Gasteiger partial charge in [-0.2, -0.15) is 0 Å². The van der Waals surface area contributed by atoms with Crippen LogP contribution in [0.2, 0.25) is 0 Å². The summed E-state index contributed by atoms with van der Waals surface area (Å²) >= 11 is 1.42. The molecule has 7 heteroatoms. The highest BCUT2D eigenvalue weighted by molar-refractivity contribution is 7.14. The van der Waals surface area contributed by atoms with Crippen molar-refractivity contribution in [2.45, 2.75) is 13.8 Å². The maximum absolute atomic E-state index is 12.4. The first-order chi connectivity index (χ1) is 15.5. The molecule has 0 unspecified atom stereocenters. The lowest BCUT2D eigenvalue weighted by atomic mass is 10.0. The minimum Gasteiger partial charge on any atom is -0.497 e. The number of rotatable bonds is 6. The van der Waals surface area contributed by atoms with Gasteiger partial charge in [-0.1, -0.05) is 12.1 Å². The number of morpholine rings is 1. The standard InChI is InChI=1S/C25H27N3O3S/c1-17-14-21(30-3)15-18(2)24(17)22-16-32-25(26-22)27-23(29)9-6-19-4-7-20(8-5-19)28-10-12-31-13-11-28/h4-9,14-16H,10-13H2,1-3H3,(H,26,27,29)/b9-6+. The van der Waals surface area contributed by atoms with Gasteiger partial charge in [-0.25, -0.2) is 4.98 Å². The number of benzene rings is 2. The Hall–Kier alpha value is -3.16. The molecule has 1 aromatic heterocycles. The second-order valence-electron chi connectivity index (χ2n) is 7.69. The number of ether oxygens (including phenoxy) is 2. The van der Waals surface area contributed by atoms with E-state index in [0.717, 1.165) is 60.0 Å². The molecular formula is C25H27N3O3S. The summed E-state index contributed by atoms with van der Waals surface area (Å²) in [7, 11) is 1.66. The van der Waals surface area contributed by atoms with Crippen molar-refractivity contribution in [3.8, 4) is 17.0 Å². The Labute approximate surface area is 192 Å². The molecule has 1 amide bonds. The van der Waals surface area contributed by atoms with Crippen LogP contribution in [0.15, 0.2) is 47.9 Å². The number of hydrogen-bond donors (Lipinski definition) is 1. The monoisotopic (exact) mass is 449 g/mol. The van der Waals surface area contributed by atoms with Gasteiger partial charge in [0.2, 0.25) is 5.91 Å². The van der Waals surface area contributed by atoms with Crippen molar-refractivity contribution in [1.29, 1.82) is 0 Å². The third-order valence-corrected chi connectivity index (χ3v) is 6.19. The second-order valence-corrected chi connectivity index (χ2v) is 8.55. The molecule has 3 aromatic rings. The molecule has 0 spiro atoms. The normalized spacial score (nSPS) is 14.0. The molecule has 1 N–H and O–H groups in total. The number of amides is 1. The topological polar surface area (TPSA) is 63.7 Å². The van der Waals surface area contributed by atoms with E-state index in [0.29, 0.717) is 5.13 Å². The highest BCUT2D eigenvalue weighted by Crippen LogP contribution is 2.33. The van der Waals surface area contributed by atoms with Crippen LogP contribution in [0.1, 0.15) is 16.7 Å². The van der Waals surface area contributed by atoms with E-state index >= 15 is 0 Å². The maximum Gasteiger partial charge on any atom is 0.250 e. The van der Waals surface area contributed by atoms with Crippen LogP contribution in [0.3, 0.4) is 0 Å². The molecule has 1 saturated heterocycles. The Kier molecular flexibility index (Phi) is 6.87. The quantitative estimate of drug-likeness (QED) is 0.541. The van der Waals surface area contributed by atoms with Crippen LogP contribution in [-0.2, 0) is 9.53 Å². The molecule has 1 fully saturated rings. The predicted molar refractivity (Wildman–Crippen MR) is 131 cm³/mol. The van der Waals surface area contributed by atoms with Gasteiger partial charge in [0.05, 0.1) is 26.0 Å². The molecule has 2 aromatic carbocycles. The summed E-state index contributed by atoms with van der Waals surface area (Å²) in [5.74, 6) is 0.627.